The van der Waals surface area contributed by atoms with Crippen LogP contribution < -0.4 is 4.74 Å². The first-order valence-electron chi connectivity index (χ1n) is 9.19. The van der Waals surface area contributed by atoms with Crippen molar-refractivity contribution in [1.29, 1.82) is 0 Å². The molecule has 1 saturated heterocycles. The average molecular weight is 379 g/mol. The molecular weight excluding hydrogens is 358 g/mol. The van der Waals surface area contributed by atoms with E-state index in [9.17, 15) is 4.79 Å². The van der Waals surface area contributed by atoms with Gasteiger partial charge in [0.25, 0.3) is 11.8 Å². The number of likely N-dealkylation sites (tertiary alicyclic amines) is 1. The number of hydrogen-bond donors (Lipinski definition) is 0. The van der Waals surface area contributed by atoms with Gasteiger partial charge in [0.1, 0.15) is 12.1 Å². The van der Waals surface area contributed by atoms with Crippen LogP contribution in [0.25, 0.3) is 11.5 Å². The number of methoxy groups -OCH3 is 1. The molecule has 0 N–H and O–H groups in total. The summed E-state index contributed by atoms with van der Waals surface area (Å²) in [6.07, 6.45) is 4.94. The third-order valence-electron chi connectivity index (χ3n) is 4.98. The highest BCUT2D eigenvalue weighted by Crippen LogP contribution is 2.29. The van der Waals surface area contributed by atoms with Gasteiger partial charge in [-0.2, -0.15) is 0 Å². The van der Waals surface area contributed by atoms with Crippen LogP contribution in [0.3, 0.4) is 0 Å². The molecule has 0 aliphatic carbocycles. The molecule has 28 heavy (non-hydrogen) atoms. The number of piperidine rings is 1. The van der Waals surface area contributed by atoms with Crippen molar-refractivity contribution in [1.82, 2.24) is 25.1 Å². The van der Waals surface area contributed by atoms with Crippen LogP contribution in [-0.4, -0.2) is 51.2 Å². The number of amides is 1. The minimum absolute atomic E-state index is 0.000560. The molecule has 3 aromatic rings. The Balaban J connectivity index is 1.49. The lowest BCUT2D eigenvalue weighted by atomic mass is 9.97. The molecule has 1 fully saturated rings. The Morgan fingerprint density at radius 2 is 2.07 bits per heavy atom. The van der Waals surface area contributed by atoms with Crippen molar-refractivity contribution in [2.24, 2.45) is 0 Å². The van der Waals surface area contributed by atoms with Crippen LogP contribution in [0.5, 0.6) is 5.75 Å². The number of rotatable bonds is 4. The van der Waals surface area contributed by atoms with E-state index >= 15 is 0 Å². The molecule has 8 nitrogen and oxygen atoms in total. The van der Waals surface area contributed by atoms with Gasteiger partial charge in [0, 0.05) is 24.8 Å². The molecule has 144 valence electrons. The number of benzene rings is 1. The number of carbonyl (C=O) groups excluding carboxylic acids is 1. The maximum absolute atomic E-state index is 12.8. The first-order valence-corrected chi connectivity index (χ1v) is 9.19. The second-order valence-electron chi connectivity index (χ2n) is 6.79. The van der Waals surface area contributed by atoms with Crippen molar-refractivity contribution in [2.75, 3.05) is 20.2 Å². The largest absolute Gasteiger partial charge is 0.497 e. The van der Waals surface area contributed by atoms with Crippen molar-refractivity contribution in [3.63, 3.8) is 0 Å². The molecule has 2 aromatic heterocycles. The van der Waals surface area contributed by atoms with Crippen LogP contribution >= 0.6 is 0 Å². The second kappa shape index (κ2) is 7.75. The summed E-state index contributed by atoms with van der Waals surface area (Å²) in [7, 11) is 1.60. The number of carbonyl (C=O) groups is 1. The highest BCUT2D eigenvalue weighted by Gasteiger charge is 2.29. The summed E-state index contributed by atoms with van der Waals surface area (Å²) in [5, 5.41) is 8.38. The molecular formula is C20H21N5O3. The molecule has 1 aliphatic rings. The Kier molecular flexibility index (Phi) is 5.01. The van der Waals surface area contributed by atoms with Crippen molar-refractivity contribution >= 4 is 5.91 Å². The summed E-state index contributed by atoms with van der Waals surface area (Å²) in [4.78, 5) is 22.9. The van der Waals surface area contributed by atoms with E-state index in [2.05, 4.69) is 20.2 Å². The molecule has 1 atom stereocenters. The SMILES string of the molecule is COc1ccc(C(=O)N2CCC[C@@H](c3nnc(-c4cncnc4C)o3)C2)cc1. The predicted octanol–water partition coefficient (Wildman–Crippen LogP) is 2.86. The van der Waals surface area contributed by atoms with Gasteiger partial charge >= 0.3 is 0 Å². The molecule has 4 rings (SSSR count). The Morgan fingerprint density at radius 3 is 2.82 bits per heavy atom. The molecule has 8 heteroatoms. The second-order valence-corrected chi connectivity index (χ2v) is 6.79. The van der Waals surface area contributed by atoms with Crippen LogP contribution in [0.4, 0.5) is 0 Å². The van der Waals surface area contributed by atoms with Crippen molar-refractivity contribution in [2.45, 2.75) is 25.7 Å². The summed E-state index contributed by atoms with van der Waals surface area (Å²) < 4.78 is 11.1. The molecule has 3 heterocycles. The van der Waals surface area contributed by atoms with E-state index in [1.54, 1.807) is 37.6 Å². The molecule has 0 bridgehead atoms. The number of hydrogen-bond acceptors (Lipinski definition) is 7. The minimum atomic E-state index is -0.000560. The monoisotopic (exact) mass is 379 g/mol. The van der Waals surface area contributed by atoms with Gasteiger partial charge in [-0.1, -0.05) is 0 Å². The highest BCUT2D eigenvalue weighted by molar-refractivity contribution is 5.94. The van der Waals surface area contributed by atoms with Gasteiger partial charge in [-0.15, -0.1) is 10.2 Å². The van der Waals surface area contributed by atoms with E-state index in [1.165, 1.54) is 6.33 Å². The fourth-order valence-electron chi connectivity index (χ4n) is 3.39. The summed E-state index contributed by atoms with van der Waals surface area (Å²) >= 11 is 0. The lowest BCUT2D eigenvalue weighted by Gasteiger charge is -2.31. The predicted molar refractivity (Wildman–Crippen MR) is 101 cm³/mol. The first-order chi connectivity index (χ1) is 13.7. The third-order valence-corrected chi connectivity index (χ3v) is 4.98. The molecule has 1 aliphatic heterocycles. The van der Waals surface area contributed by atoms with Gasteiger partial charge in [0.15, 0.2) is 0 Å². The molecule has 1 aromatic carbocycles. The average Bonchev–Trinajstić information content (AvgIpc) is 3.24. The van der Waals surface area contributed by atoms with E-state index in [0.29, 0.717) is 30.4 Å². The van der Waals surface area contributed by atoms with Crippen LogP contribution in [0.1, 0.15) is 40.7 Å². The summed E-state index contributed by atoms with van der Waals surface area (Å²) in [5.41, 5.74) is 2.15. The molecule has 0 saturated carbocycles. The van der Waals surface area contributed by atoms with Gasteiger partial charge in [-0.05, 0) is 44.0 Å². The van der Waals surface area contributed by atoms with E-state index < -0.39 is 0 Å². The van der Waals surface area contributed by atoms with Crippen LogP contribution in [0.15, 0.2) is 41.2 Å². The van der Waals surface area contributed by atoms with Crippen LogP contribution in [0.2, 0.25) is 0 Å². The zero-order valence-corrected chi connectivity index (χ0v) is 15.8. The number of ether oxygens (including phenoxy) is 1. The molecule has 0 spiro atoms. The van der Waals surface area contributed by atoms with Crippen LogP contribution in [0, 0.1) is 6.92 Å². The first kappa shape index (κ1) is 18.1. The number of aromatic nitrogens is 4. The zero-order chi connectivity index (χ0) is 19.5. The highest BCUT2D eigenvalue weighted by atomic mass is 16.5. The minimum Gasteiger partial charge on any atom is -0.497 e. The normalized spacial score (nSPS) is 16.8. The summed E-state index contributed by atoms with van der Waals surface area (Å²) in [6.45, 7) is 3.14. The summed E-state index contributed by atoms with van der Waals surface area (Å²) in [6, 6.07) is 7.16. The fourth-order valence-corrected chi connectivity index (χ4v) is 3.39. The Labute approximate surface area is 162 Å². The van der Waals surface area contributed by atoms with Gasteiger partial charge in [0.05, 0.1) is 24.3 Å². The maximum atomic E-state index is 12.8. The van der Waals surface area contributed by atoms with Gasteiger partial charge in [0.2, 0.25) is 5.89 Å². The quantitative estimate of drug-likeness (QED) is 0.688. The fraction of sp³-hybridized carbons (Fsp3) is 0.350. The smallest absolute Gasteiger partial charge is 0.253 e. The van der Waals surface area contributed by atoms with E-state index in [1.807, 2.05) is 11.8 Å². The van der Waals surface area contributed by atoms with E-state index in [4.69, 9.17) is 9.15 Å². The van der Waals surface area contributed by atoms with Gasteiger partial charge in [-0.3, -0.25) is 4.79 Å². The number of aryl methyl sites for hydroxylation is 1. The Morgan fingerprint density at radius 1 is 1.25 bits per heavy atom. The third kappa shape index (κ3) is 3.58. The molecule has 0 radical (unpaired) electrons. The standard InChI is InChI=1S/C20H21N5O3/c1-13-17(10-21-12-22-13)19-24-23-18(28-19)15-4-3-9-25(11-15)20(26)14-5-7-16(27-2)8-6-14/h5-8,10,12,15H,3-4,9,11H2,1-2H3/t15-/m1/s1. The Hall–Kier alpha value is -3.29. The maximum Gasteiger partial charge on any atom is 0.253 e. The van der Waals surface area contributed by atoms with Crippen molar-refractivity contribution < 1.29 is 13.9 Å². The van der Waals surface area contributed by atoms with Crippen molar-refractivity contribution in [3.05, 3.63) is 53.9 Å². The lowest BCUT2D eigenvalue weighted by molar-refractivity contribution is 0.0698. The Bertz CT molecular complexity index is 970. The van der Waals surface area contributed by atoms with Crippen molar-refractivity contribution in [3.8, 4) is 17.2 Å². The number of nitrogens with zero attached hydrogens (tertiary/aromatic N) is 5. The zero-order valence-electron chi connectivity index (χ0n) is 15.8. The van der Waals surface area contributed by atoms with Crippen LogP contribution in [-0.2, 0) is 0 Å². The lowest BCUT2D eigenvalue weighted by Crippen LogP contribution is -2.39. The topological polar surface area (TPSA) is 94.2 Å². The molecule has 0 unspecified atom stereocenters. The van der Waals surface area contributed by atoms with E-state index in [0.717, 1.165) is 29.8 Å². The van der Waals surface area contributed by atoms with E-state index in [-0.39, 0.29) is 11.8 Å². The summed E-state index contributed by atoms with van der Waals surface area (Å²) in [5.74, 6) is 1.70. The van der Waals surface area contributed by atoms with Gasteiger partial charge in [-0.25, -0.2) is 9.97 Å². The van der Waals surface area contributed by atoms with Gasteiger partial charge < -0.3 is 14.1 Å². The molecule has 1 amide bonds.